The fourth-order valence-electron chi connectivity index (χ4n) is 2.63. The predicted octanol–water partition coefficient (Wildman–Crippen LogP) is 2.93. The number of nitrogens with zero attached hydrogens (tertiary/aromatic N) is 2. The van der Waals surface area contributed by atoms with E-state index >= 15 is 0 Å². The number of hydrogen-bond acceptors (Lipinski definition) is 4. The molecule has 3 aromatic heterocycles. The molecule has 0 aliphatic rings. The highest BCUT2D eigenvalue weighted by Crippen LogP contribution is 2.31. The van der Waals surface area contributed by atoms with Crippen LogP contribution in [0.4, 0.5) is 5.82 Å². The summed E-state index contributed by atoms with van der Waals surface area (Å²) in [4.78, 5) is 29.3. The third kappa shape index (κ3) is 3.51. The van der Waals surface area contributed by atoms with Gasteiger partial charge in [0.05, 0.1) is 5.02 Å². The zero-order valence-electron chi connectivity index (χ0n) is 13.5. The Morgan fingerprint density at radius 3 is 2.84 bits per heavy atom. The van der Waals surface area contributed by atoms with Crippen LogP contribution >= 0.6 is 11.6 Å². The third-order valence-corrected chi connectivity index (χ3v) is 4.28. The Labute approximate surface area is 148 Å². The summed E-state index contributed by atoms with van der Waals surface area (Å²) in [7, 11) is 0. The van der Waals surface area contributed by atoms with E-state index in [2.05, 4.69) is 15.3 Å². The van der Waals surface area contributed by atoms with E-state index in [0.717, 1.165) is 11.3 Å². The van der Waals surface area contributed by atoms with Crippen molar-refractivity contribution in [2.45, 2.75) is 19.8 Å². The minimum absolute atomic E-state index is 0.0808. The maximum atomic E-state index is 11.3. The Balaban J connectivity index is 2.07. The maximum Gasteiger partial charge on any atom is 0.303 e. The number of carboxylic acids is 1. The number of aliphatic carboxylic acids is 1. The molecule has 0 atom stereocenters. The number of halogens is 1. The van der Waals surface area contributed by atoms with Crippen LogP contribution in [0.1, 0.15) is 18.5 Å². The van der Waals surface area contributed by atoms with E-state index in [1.54, 1.807) is 18.3 Å². The number of pyridine rings is 2. The monoisotopic (exact) mass is 360 g/mol. The second-order valence-electron chi connectivity index (χ2n) is 5.63. The molecule has 3 aromatic rings. The number of carbonyl (C=O) groups is 1. The van der Waals surface area contributed by atoms with Crippen molar-refractivity contribution in [2.24, 2.45) is 0 Å². The highest BCUT2D eigenvalue weighted by molar-refractivity contribution is 6.31. The molecule has 0 saturated heterocycles. The molecule has 0 aliphatic carbocycles. The second-order valence-corrected chi connectivity index (χ2v) is 6.04. The van der Waals surface area contributed by atoms with Crippen molar-refractivity contribution in [3.63, 3.8) is 0 Å². The molecule has 0 radical (unpaired) electrons. The molecule has 3 heterocycles. The molecule has 0 unspecified atom stereocenters. The summed E-state index contributed by atoms with van der Waals surface area (Å²) in [6, 6.07) is 6.73. The minimum Gasteiger partial charge on any atom is -0.481 e. The summed E-state index contributed by atoms with van der Waals surface area (Å²) in [5, 5.41) is 12.6. The Hall–Kier alpha value is -2.80. The zero-order valence-corrected chi connectivity index (χ0v) is 14.3. The molecule has 25 heavy (non-hydrogen) atoms. The molecular weight excluding hydrogens is 344 g/mol. The SMILES string of the molecule is Cc1c(Cl)ccc2nc(-c3ccc(=O)[nH]c3)c(NCCCC(=O)O)n12. The van der Waals surface area contributed by atoms with Gasteiger partial charge < -0.3 is 15.4 Å². The van der Waals surface area contributed by atoms with Crippen LogP contribution < -0.4 is 10.9 Å². The van der Waals surface area contributed by atoms with Crippen LogP contribution in [0.25, 0.3) is 16.9 Å². The molecule has 0 saturated carbocycles. The third-order valence-electron chi connectivity index (χ3n) is 3.88. The zero-order chi connectivity index (χ0) is 18.0. The number of hydrogen-bond donors (Lipinski definition) is 3. The summed E-state index contributed by atoms with van der Waals surface area (Å²) in [5.74, 6) is -0.118. The van der Waals surface area contributed by atoms with Gasteiger partial charge in [0.2, 0.25) is 5.56 Å². The standard InChI is InChI=1S/C17H17ClN4O3/c1-10-12(18)5-6-13-21-16(11-4-7-14(23)20-9-11)17(22(10)13)19-8-2-3-15(24)25/h4-7,9,19H,2-3,8H2,1H3,(H,20,23)(H,24,25). The fraction of sp³-hybridized carbons (Fsp3) is 0.235. The molecule has 0 fully saturated rings. The molecule has 0 bridgehead atoms. The number of carboxylic acid groups (broad SMARTS) is 1. The fourth-order valence-corrected chi connectivity index (χ4v) is 2.78. The van der Waals surface area contributed by atoms with Gasteiger partial charge in [-0.15, -0.1) is 0 Å². The van der Waals surface area contributed by atoms with Crippen molar-refractivity contribution in [2.75, 3.05) is 11.9 Å². The summed E-state index contributed by atoms with van der Waals surface area (Å²) >= 11 is 6.24. The molecular formula is C17H17ClN4O3. The van der Waals surface area contributed by atoms with Gasteiger partial charge in [-0.2, -0.15) is 0 Å². The van der Waals surface area contributed by atoms with Crippen molar-refractivity contribution in [1.82, 2.24) is 14.4 Å². The highest BCUT2D eigenvalue weighted by Gasteiger charge is 2.16. The number of H-pyrrole nitrogens is 1. The van der Waals surface area contributed by atoms with Crippen LogP contribution in [0.3, 0.4) is 0 Å². The van der Waals surface area contributed by atoms with Gasteiger partial charge >= 0.3 is 5.97 Å². The average molecular weight is 361 g/mol. The first-order valence-electron chi connectivity index (χ1n) is 7.79. The van der Waals surface area contributed by atoms with Crippen molar-refractivity contribution < 1.29 is 9.90 Å². The number of aryl methyl sites for hydroxylation is 1. The van der Waals surface area contributed by atoms with E-state index in [1.807, 2.05) is 17.4 Å². The molecule has 0 aromatic carbocycles. The van der Waals surface area contributed by atoms with Gasteiger partial charge in [-0.05, 0) is 31.5 Å². The van der Waals surface area contributed by atoms with Gasteiger partial charge in [0.25, 0.3) is 0 Å². The van der Waals surface area contributed by atoms with E-state index in [4.69, 9.17) is 16.7 Å². The van der Waals surface area contributed by atoms with Crippen LogP contribution in [0, 0.1) is 6.92 Å². The minimum atomic E-state index is -0.833. The summed E-state index contributed by atoms with van der Waals surface area (Å²) in [6.07, 6.45) is 2.16. The van der Waals surface area contributed by atoms with Crippen LogP contribution in [0.15, 0.2) is 35.3 Å². The van der Waals surface area contributed by atoms with E-state index in [9.17, 15) is 9.59 Å². The van der Waals surface area contributed by atoms with Gasteiger partial charge in [0, 0.05) is 36.5 Å². The van der Waals surface area contributed by atoms with Gasteiger partial charge in [0.1, 0.15) is 17.2 Å². The van der Waals surface area contributed by atoms with Crippen molar-refractivity contribution in [1.29, 1.82) is 0 Å². The smallest absolute Gasteiger partial charge is 0.303 e. The number of imidazole rings is 1. The lowest BCUT2D eigenvalue weighted by Gasteiger charge is -2.11. The molecule has 0 aliphatic heterocycles. The average Bonchev–Trinajstić information content (AvgIpc) is 2.95. The number of rotatable bonds is 6. The normalized spacial score (nSPS) is 11.0. The predicted molar refractivity (Wildman–Crippen MR) is 96.4 cm³/mol. The summed E-state index contributed by atoms with van der Waals surface area (Å²) in [6.45, 7) is 2.36. The van der Waals surface area contributed by atoms with Gasteiger partial charge in [-0.3, -0.25) is 14.0 Å². The Morgan fingerprint density at radius 2 is 2.16 bits per heavy atom. The first kappa shape index (κ1) is 17.0. The van der Waals surface area contributed by atoms with Crippen molar-refractivity contribution in [3.05, 3.63) is 51.5 Å². The van der Waals surface area contributed by atoms with Crippen molar-refractivity contribution in [3.8, 4) is 11.3 Å². The Bertz CT molecular complexity index is 973. The molecule has 0 amide bonds. The lowest BCUT2D eigenvalue weighted by molar-refractivity contribution is -0.137. The van der Waals surface area contributed by atoms with Gasteiger partial charge in [-0.1, -0.05) is 11.6 Å². The van der Waals surface area contributed by atoms with E-state index in [-0.39, 0.29) is 12.0 Å². The summed E-state index contributed by atoms with van der Waals surface area (Å²) in [5.41, 5.74) is 2.76. The van der Waals surface area contributed by atoms with E-state index in [1.165, 1.54) is 6.07 Å². The van der Waals surface area contributed by atoms with Crippen LogP contribution in [-0.4, -0.2) is 32.0 Å². The first-order chi connectivity index (χ1) is 12.0. The molecule has 3 N–H and O–H groups in total. The Morgan fingerprint density at radius 1 is 1.36 bits per heavy atom. The quantitative estimate of drug-likeness (QED) is 0.587. The van der Waals surface area contributed by atoms with Gasteiger partial charge in [-0.25, -0.2) is 4.98 Å². The van der Waals surface area contributed by atoms with Crippen molar-refractivity contribution >= 4 is 29.0 Å². The molecule has 0 spiro atoms. The highest BCUT2D eigenvalue weighted by atomic mass is 35.5. The largest absolute Gasteiger partial charge is 0.481 e. The lowest BCUT2D eigenvalue weighted by atomic mass is 10.2. The number of anilines is 1. The number of aromatic amines is 1. The van der Waals surface area contributed by atoms with Gasteiger partial charge in [0.15, 0.2) is 0 Å². The second kappa shape index (κ2) is 6.98. The van der Waals surface area contributed by atoms with E-state index < -0.39 is 5.97 Å². The Kier molecular flexibility index (Phi) is 4.76. The molecule has 7 nitrogen and oxygen atoms in total. The van der Waals surface area contributed by atoms with Crippen LogP contribution in [-0.2, 0) is 4.79 Å². The number of nitrogens with one attached hydrogen (secondary N) is 2. The first-order valence-corrected chi connectivity index (χ1v) is 8.17. The molecule has 3 rings (SSSR count). The van der Waals surface area contributed by atoms with Crippen LogP contribution in [0.2, 0.25) is 5.02 Å². The molecule has 8 heteroatoms. The van der Waals surface area contributed by atoms with E-state index in [0.29, 0.717) is 35.1 Å². The number of fused-ring (bicyclic) bond motifs is 1. The maximum absolute atomic E-state index is 11.3. The van der Waals surface area contributed by atoms with Crippen LogP contribution in [0.5, 0.6) is 0 Å². The number of aromatic nitrogens is 3. The summed E-state index contributed by atoms with van der Waals surface area (Å²) < 4.78 is 1.89. The molecule has 130 valence electrons. The topological polar surface area (TPSA) is 99.5 Å². The lowest BCUT2D eigenvalue weighted by Crippen LogP contribution is -2.09.